The van der Waals surface area contributed by atoms with Gasteiger partial charge in [0.15, 0.2) is 5.82 Å². The summed E-state index contributed by atoms with van der Waals surface area (Å²) in [5.74, 6) is -2.20. The molecule has 0 aliphatic heterocycles. The summed E-state index contributed by atoms with van der Waals surface area (Å²) < 4.78 is 13.8. The maximum absolute atomic E-state index is 13.8. The van der Waals surface area contributed by atoms with Gasteiger partial charge in [-0.3, -0.25) is 0 Å². The molecule has 0 amide bonds. The average molecular weight is 285 g/mol. The van der Waals surface area contributed by atoms with Crippen molar-refractivity contribution < 1.29 is 14.3 Å². The molecule has 0 aromatic carbocycles. The molecule has 0 bridgehead atoms. The molecule has 0 unspecified atom stereocenters. The number of carboxylic acids is 1. The average Bonchev–Trinajstić information content (AvgIpc) is 2.34. The van der Waals surface area contributed by atoms with E-state index in [9.17, 15) is 9.18 Å². The fourth-order valence-electron chi connectivity index (χ4n) is 1.18. The lowest BCUT2D eigenvalue weighted by Crippen LogP contribution is -2.02. The molecular weight excluding hydrogens is 279 g/mol. The fraction of sp³-hybridized carbons (Fsp3) is 0. The van der Waals surface area contributed by atoms with E-state index in [2.05, 4.69) is 9.97 Å². The first kappa shape index (κ1) is 12.8. The quantitative estimate of drug-likeness (QED) is 0.938. The van der Waals surface area contributed by atoms with Crippen molar-refractivity contribution in [1.82, 2.24) is 9.97 Å². The van der Waals surface area contributed by atoms with Gasteiger partial charge in [-0.15, -0.1) is 0 Å². The summed E-state index contributed by atoms with van der Waals surface area (Å²) >= 11 is 6.61. The van der Waals surface area contributed by atoms with Gasteiger partial charge in [-0.05, 0) is 30.0 Å². The van der Waals surface area contributed by atoms with E-state index in [1.807, 2.05) is 0 Å². The number of pyridine rings is 2. The zero-order chi connectivity index (χ0) is 13.1. The summed E-state index contributed by atoms with van der Waals surface area (Å²) in [6, 6.07) is 4.31. The van der Waals surface area contributed by atoms with Gasteiger partial charge in [0.1, 0.15) is 10.1 Å². The van der Waals surface area contributed by atoms with E-state index in [1.165, 1.54) is 12.4 Å². The molecule has 0 saturated carbocycles. The standard InChI is InChI=1S/C11H6ClFN2O2S/c12-6-1-2-8(15-5-6)18-10-9(13)7(11(16)17)3-4-14-10/h1-5H,(H,16,17). The number of aromatic carboxylic acids is 1. The van der Waals surface area contributed by atoms with E-state index in [0.717, 1.165) is 17.8 Å². The van der Waals surface area contributed by atoms with Crippen LogP contribution in [0.4, 0.5) is 4.39 Å². The first-order valence-corrected chi connectivity index (χ1v) is 5.94. The molecule has 0 atom stereocenters. The summed E-state index contributed by atoms with van der Waals surface area (Å²) in [6.07, 6.45) is 2.66. The first-order chi connectivity index (χ1) is 8.58. The maximum Gasteiger partial charge on any atom is 0.338 e. The van der Waals surface area contributed by atoms with E-state index in [1.54, 1.807) is 12.1 Å². The summed E-state index contributed by atoms with van der Waals surface area (Å²) in [5.41, 5.74) is -0.415. The Kier molecular flexibility index (Phi) is 3.78. The highest BCUT2D eigenvalue weighted by atomic mass is 35.5. The van der Waals surface area contributed by atoms with Gasteiger partial charge in [0.05, 0.1) is 10.6 Å². The van der Waals surface area contributed by atoms with Crippen molar-refractivity contribution in [3.05, 3.63) is 47.0 Å². The predicted molar refractivity (Wildman–Crippen MR) is 64.5 cm³/mol. The van der Waals surface area contributed by atoms with E-state index in [0.29, 0.717) is 10.0 Å². The van der Waals surface area contributed by atoms with Gasteiger partial charge in [0, 0.05) is 12.4 Å². The minimum absolute atomic E-state index is 0.0373. The highest BCUT2D eigenvalue weighted by Crippen LogP contribution is 2.28. The van der Waals surface area contributed by atoms with Crippen molar-refractivity contribution >= 4 is 29.3 Å². The van der Waals surface area contributed by atoms with Crippen LogP contribution in [-0.2, 0) is 0 Å². The van der Waals surface area contributed by atoms with Gasteiger partial charge in [-0.25, -0.2) is 19.2 Å². The highest BCUT2D eigenvalue weighted by Gasteiger charge is 2.16. The molecule has 2 aromatic rings. The Bertz CT molecular complexity index is 592. The normalized spacial score (nSPS) is 10.3. The van der Waals surface area contributed by atoms with E-state index < -0.39 is 17.3 Å². The Morgan fingerprint density at radius 3 is 2.72 bits per heavy atom. The van der Waals surface area contributed by atoms with Crippen molar-refractivity contribution in [2.45, 2.75) is 10.1 Å². The van der Waals surface area contributed by atoms with E-state index >= 15 is 0 Å². The van der Waals surface area contributed by atoms with Crippen LogP contribution in [0, 0.1) is 5.82 Å². The number of halogens is 2. The van der Waals surface area contributed by atoms with Crippen molar-refractivity contribution in [3.8, 4) is 0 Å². The third-order valence-corrected chi connectivity index (χ3v) is 3.14. The SMILES string of the molecule is O=C(O)c1ccnc(Sc2ccc(Cl)cn2)c1F. The van der Waals surface area contributed by atoms with Crippen LogP contribution >= 0.6 is 23.4 Å². The molecule has 0 saturated heterocycles. The summed E-state index contributed by atoms with van der Waals surface area (Å²) in [4.78, 5) is 18.5. The molecule has 2 aromatic heterocycles. The van der Waals surface area contributed by atoms with Crippen LogP contribution in [0.2, 0.25) is 5.02 Å². The third kappa shape index (κ3) is 2.77. The third-order valence-electron chi connectivity index (χ3n) is 1.99. The van der Waals surface area contributed by atoms with Crippen molar-refractivity contribution in [2.24, 2.45) is 0 Å². The fourth-order valence-corrected chi connectivity index (χ4v) is 2.05. The predicted octanol–water partition coefficient (Wildman–Crippen LogP) is 3.12. The number of hydrogen-bond acceptors (Lipinski definition) is 4. The number of aromatic nitrogens is 2. The largest absolute Gasteiger partial charge is 0.478 e. The lowest BCUT2D eigenvalue weighted by molar-refractivity contribution is 0.0691. The van der Waals surface area contributed by atoms with Gasteiger partial charge in [-0.1, -0.05) is 11.6 Å². The number of carboxylic acid groups (broad SMARTS) is 1. The van der Waals surface area contributed by atoms with E-state index in [4.69, 9.17) is 16.7 Å². The van der Waals surface area contributed by atoms with Crippen molar-refractivity contribution in [2.75, 3.05) is 0 Å². The number of nitrogens with zero attached hydrogens (tertiary/aromatic N) is 2. The van der Waals surface area contributed by atoms with E-state index in [-0.39, 0.29) is 5.03 Å². The van der Waals surface area contributed by atoms with Gasteiger partial charge in [0.25, 0.3) is 0 Å². The van der Waals surface area contributed by atoms with Crippen LogP contribution in [0.3, 0.4) is 0 Å². The lowest BCUT2D eigenvalue weighted by Gasteiger charge is -2.03. The molecule has 0 aliphatic rings. The monoisotopic (exact) mass is 284 g/mol. The van der Waals surface area contributed by atoms with Crippen LogP contribution in [-0.4, -0.2) is 21.0 Å². The van der Waals surface area contributed by atoms with Crippen LogP contribution in [0.1, 0.15) is 10.4 Å². The molecule has 18 heavy (non-hydrogen) atoms. The molecule has 2 heterocycles. The van der Waals surface area contributed by atoms with Crippen LogP contribution in [0.5, 0.6) is 0 Å². The van der Waals surface area contributed by atoms with Crippen molar-refractivity contribution in [3.63, 3.8) is 0 Å². The molecule has 0 radical (unpaired) electrons. The van der Waals surface area contributed by atoms with Crippen molar-refractivity contribution in [1.29, 1.82) is 0 Å². The van der Waals surface area contributed by atoms with Gasteiger partial charge in [-0.2, -0.15) is 0 Å². The van der Waals surface area contributed by atoms with Gasteiger partial charge < -0.3 is 5.11 Å². The summed E-state index contributed by atoms with van der Waals surface area (Å²) in [5, 5.41) is 9.69. The van der Waals surface area contributed by atoms with Crippen LogP contribution < -0.4 is 0 Å². The smallest absolute Gasteiger partial charge is 0.338 e. The van der Waals surface area contributed by atoms with Gasteiger partial charge in [0.2, 0.25) is 0 Å². The van der Waals surface area contributed by atoms with Crippen LogP contribution in [0.15, 0.2) is 40.6 Å². The Hall–Kier alpha value is -1.66. The molecule has 7 heteroatoms. The highest BCUT2D eigenvalue weighted by molar-refractivity contribution is 7.99. The molecule has 92 valence electrons. The molecule has 0 spiro atoms. The van der Waals surface area contributed by atoms with Gasteiger partial charge >= 0.3 is 5.97 Å². The Morgan fingerprint density at radius 2 is 2.11 bits per heavy atom. The Morgan fingerprint density at radius 1 is 1.33 bits per heavy atom. The topological polar surface area (TPSA) is 63.1 Å². The lowest BCUT2D eigenvalue weighted by atomic mass is 10.3. The molecular formula is C11H6ClFN2O2S. The Labute approximate surface area is 111 Å². The second-order valence-electron chi connectivity index (χ2n) is 3.20. The molecule has 1 N–H and O–H groups in total. The summed E-state index contributed by atoms with van der Waals surface area (Å²) in [7, 11) is 0. The molecule has 2 rings (SSSR count). The molecule has 4 nitrogen and oxygen atoms in total. The Balaban J connectivity index is 2.32. The zero-order valence-electron chi connectivity index (χ0n) is 8.80. The second-order valence-corrected chi connectivity index (χ2v) is 4.65. The number of carbonyl (C=O) groups is 1. The zero-order valence-corrected chi connectivity index (χ0v) is 10.4. The number of hydrogen-bond donors (Lipinski definition) is 1. The molecule has 0 aliphatic carbocycles. The maximum atomic E-state index is 13.8. The molecule has 0 fully saturated rings. The summed E-state index contributed by atoms with van der Waals surface area (Å²) in [6.45, 7) is 0. The minimum atomic E-state index is -1.33. The number of rotatable bonds is 3. The second kappa shape index (κ2) is 5.32. The first-order valence-electron chi connectivity index (χ1n) is 4.75. The minimum Gasteiger partial charge on any atom is -0.478 e. The van der Waals surface area contributed by atoms with Crippen LogP contribution in [0.25, 0.3) is 0 Å².